The first kappa shape index (κ1) is 13.5. The van der Waals surface area contributed by atoms with Gasteiger partial charge in [-0.15, -0.1) is 11.6 Å². The van der Waals surface area contributed by atoms with Gasteiger partial charge >= 0.3 is 5.82 Å². The minimum atomic E-state index is -0.585. The molecule has 0 aromatic carbocycles. The molecule has 17 heavy (non-hydrogen) atoms. The summed E-state index contributed by atoms with van der Waals surface area (Å²) in [4.78, 5) is 24.0. The molecule has 0 fully saturated rings. The maximum atomic E-state index is 11.7. The third-order valence-electron chi connectivity index (χ3n) is 2.40. The van der Waals surface area contributed by atoms with Crippen molar-refractivity contribution >= 4 is 23.3 Å². The molecule has 1 rings (SSSR count). The fraction of sp³-hybridized carbons (Fsp3) is 0.500. The molecule has 1 amide bonds. The topological polar surface area (TPSA) is 88.0 Å². The van der Waals surface area contributed by atoms with Crippen molar-refractivity contribution in [2.45, 2.75) is 19.9 Å². The van der Waals surface area contributed by atoms with Gasteiger partial charge < -0.3 is 15.4 Å². The minimum Gasteiger partial charge on any atom is -0.358 e. The molecule has 0 saturated carbocycles. The zero-order valence-electron chi connectivity index (χ0n) is 9.57. The number of amides is 1. The number of nitro groups is 1. The number of nitrogens with zero attached hydrogens (tertiary/aromatic N) is 1. The van der Waals surface area contributed by atoms with Gasteiger partial charge in [0.1, 0.15) is 0 Å². The van der Waals surface area contributed by atoms with E-state index in [9.17, 15) is 14.9 Å². The van der Waals surface area contributed by atoms with Crippen LogP contribution in [0.4, 0.5) is 5.82 Å². The SMILES string of the molecule is CC(C)C(CCl)NC(=O)c1ccc([N+](=O)[O-])[nH]1. The van der Waals surface area contributed by atoms with Crippen LogP contribution in [0, 0.1) is 16.0 Å². The van der Waals surface area contributed by atoms with E-state index in [-0.39, 0.29) is 23.5 Å². The summed E-state index contributed by atoms with van der Waals surface area (Å²) in [5, 5.41) is 13.2. The van der Waals surface area contributed by atoms with E-state index in [1.54, 1.807) is 0 Å². The van der Waals surface area contributed by atoms with E-state index in [0.717, 1.165) is 0 Å². The van der Waals surface area contributed by atoms with Gasteiger partial charge in [0, 0.05) is 18.0 Å². The van der Waals surface area contributed by atoms with E-state index in [0.29, 0.717) is 5.88 Å². The van der Waals surface area contributed by atoms with Crippen molar-refractivity contribution < 1.29 is 9.72 Å². The van der Waals surface area contributed by atoms with Crippen molar-refractivity contribution in [3.63, 3.8) is 0 Å². The molecular weight excluding hydrogens is 246 g/mol. The van der Waals surface area contributed by atoms with Crippen LogP contribution in [0.5, 0.6) is 0 Å². The highest BCUT2D eigenvalue weighted by molar-refractivity contribution is 6.18. The van der Waals surface area contributed by atoms with Gasteiger partial charge in [0.15, 0.2) is 5.69 Å². The van der Waals surface area contributed by atoms with Crippen LogP contribution in [-0.4, -0.2) is 27.7 Å². The summed E-state index contributed by atoms with van der Waals surface area (Å²) in [6, 6.07) is 2.46. The molecule has 94 valence electrons. The third-order valence-corrected chi connectivity index (χ3v) is 2.73. The molecule has 0 spiro atoms. The predicted octanol–water partition coefficient (Wildman–Crippen LogP) is 1.92. The van der Waals surface area contributed by atoms with Gasteiger partial charge in [0.25, 0.3) is 5.91 Å². The highest BCUT2D eigenvalue weighted by Crippen LogP contribution is 2.11. The fourth-order valence-electron chi connectivity index (χ4n) is 1.25. The van der Waals surface area contributed by atoms with E-state index < -0.39 is 10.8 Å². The third kappa shape index (κ3) is 3.45. The molecule has 7 heteroatoms. The van der Waals surface area contributed by atoms with Gasteiger partial charge in [-0.2, -0.15) is 0 Å². The van der Waals surface area contributed by atoms with E-state index in [1.165, 1.54) is 12.1 Å². The van der Waals surface area contributed by atoms with E-state index in [1.807, 2.05) is 13.8 Å². The molecule has 0 aliphatic carbocycles. The zero-order chi connectivity index (χ0) is 13.0. The summed E-state index contributed by atoms with van der Waals surface area (Å²) >= 11 is 5.72. The van der Waals surface area contributed by atoms with Crippen LogP contribution in [0.25, 0.3) is 0 Å². The number of hydrogen-bond acceptors (Lipinski definition) is 3. The Morgan fingerprint density at radius 1 is 1.59 bits per heavy atom. The first-order valence-corrected chi connectivity index (χ1v) is 5.69. The van der Waals surface area contributed by atoms with Crippen molar-refractivity contribution in [1.82, 2.24) is 10.3 Å². The van der Waals surface area contributed by atoms with Gasteiger partial charge in [-0.25, -0.2) is 4.98 Å². The maximum absolute atomic E-state index is 11.7. The van der Waals surface area contributed by atoms with Crippen molar-refractivity contribution in [2.24, 2.45) is 5.92 Å². The molecule has 0 aliphatic heterocycles. The Balaban J connectivity index is 2.72. The number of halogens is 1. The van der Waals surface area contributed by atoms with Crippen LogP contribution in [0.1, 0.15) is 24.3 Å². The van der Waals surface area contributed by atoms with Gasteiger partial charge in [0.2, 0.25) is 0 Å². The normalized spacial score (nSPS) is 12.5. The Morgan fingerprint density at radius 3 is 2.65 bits per heavy atom. The number of nitrogens with one attached hydrogen (secondary N) is 2. The Morgan fingerprint density at radius 2 is 2.24 bits per heavy atom. The highest BCUT2D eigenvalue weighted by atomic mass is 35.5. The number of aromatic amines is 1. The molecule has 0 radical (unpaired) electrons. The number of hydrogen-bond donors (Lipinski definition) is 2. The van der Waals surface area contributed by atoms with Crippen LogP contribution in [0.3, 0.4) is 0 Å². The molecule has 1 unspecified atom stereocenters. The molecule has 0 aliphatic rings. The number of carbonyl (C=O) groups excluding carboxylic acids is 1. The molecule has 6 nitrogen and oxygen atoms in total. The summed E-state index contributed by atoms with van der Waals surface area (Å²) in [6.45, 7) is 3.87. The van der Waals surface area contributed by atoms with E-state index in [4.69, 9.17) is 11.6 Å². The standard InChI is InChI=1S/C10H14ClN3O3/c1-6(2)8(5-11)13-10(15)7-3-4-9(12-7)14(16)17/h3-4,6,8,12H,5H2,1-2H3,(H,13,15). The second-order valence-electron chi connectivity index (χ2n) is 3.99. The Labute approximate surface area is 103 Å². The Kier molecular flexibility index (Phi) is 4.51. The molecule has 0 saturated heterocycles. The number of aromatic nitrogens is 1. The molecule has 1 aromatic heterocycles. The van der Waals surface area contributed by atoms with Gasteiger partial charge in [0.05, 0.1) is 0 Å². The van der Waals surface area contributed by atoms with Crippen molar-refractivity contribution in [1.29, 1.82) is 0 Å². The van der Waals surface area contributed by atoms with Crippen LogP contribution < -0.4 is 5.32 Å². The number of carbonyl (C=O) groups is 1. The molecule has 2 N–H and O–H groups in total. The van der Waals surface area contributed by atoms with Gasteiger partial charge in [-0.3, -0.25) is 4.79 Å². The lowest BCUT2D eigenvalue weighted by atomic mass is 10.1. The lowest BCUT2D eigenvalue weighted by Crippen LogP contribution is -2.40. The van der Waals surface area contributed by atoms with Crippen LogP contribution in [0.15, 0.2) is 12.1 Å². The van der Waals surface area contributed by atoms with Crippen LogP contribution in [-0.2, 0) is 0 Å². The molecule has 0 bridgehead atoms. The summed E-state index contributed by atoms with van der Waals surface area (Å²) in [7, 11) is 0. The number of rotatable bonds is 5. The summed E-state index contributed by atoms with van der Waals surface area (Å²) < 4.78 is 0. The summed E-state index contributed by atoms with van der Waals surface area (Å²) in [6.07, 6.45) is 0. The van der Waals surface area contributed by atoms with Gasteiger partial charge in [-0.05, 0) is 16.9 Å². The second kappa shape index (κ2) is 5.67. The quantitative estimate of drug-likeness (QED) is 0.481. The van der Waals surface area contributed by atoms with Crippen molar-refractivity contribution in [3.05, 3.63) is 27.9 Å². The predicted molar refractivity (Wildman–Crippen MR) is 64.3 cm³/mol. The lowest BCUT2D eigenvalue weighted by Gasteiger charge is -2.18. The number of H-pyrrole nitrogens is 1. The second-order valence-corrected chi connectivity index (χ2v) is 4.30. The van der Waals surface area contributed by atoms with Crippen molar-refractivity contribution in [3.8, 4) is 0 Å². The minimum absolute atomic E-state index is 0.160. The molecule has 1 aromatic rings. The Bertz CT molecular complexity index is 417. The van der Waals surface area contributed by atoms with Gasteiger partial charge in [-0.1, -0.05) is 13.8 Å². The molecular formula is C10H14ClN3O3. The zero-order valence-corrected chi connectivity index (χ0v) is 10.3. The first-order chi connectivity index (χ1) is 7.95. The smallest absolute Gasteiger partial charge is 0.321 e. The summed E-state index contributed by atoms with van der Waals surface area (Å²) in [5.41, 5.74) is 0.160. The largest absolute Gasteiger partial charge is 0.358 e. The monoisotopic (exact) mass is 259 g/mol. The van der Waals surface area contributed by atoms with E-state index in [2.05, 4.69) is 10.3 Å². The fourth-order valence-corrected chi connectivity index (χ4v) is 1.69. The lowest BCUT2D eigenvalue weighted by molar-refractivity contribution is -0.389. The number of alkyl halides is 1. The average Bonchev–Trinajstić information content (AvgIpc) is 2.74. The van der Waals surface area contributed by atoms with Crippen LogP contribution >= 0.6 is 11.6 Å². The first-order valence-electron chi connectivity index (χ1n) is 5.16. The highest BCUT2D eigenvalue weighted by Gasteiger charge is 2.20. The Hall–Kier alpha value is -1.56. The maximum Gasteiger partial charge on any atom is 0.321 e. The molecule has 1 atom stereocenters. The van der Waals surface area contributed by atoms with E-state index >= 15 is 0 Å². The average molecular weight is 260 g/mol. The molecule has 1 heterocycles. The van der Waals surface area contributed by atoms with Crippen molar-refractivity contribution in [2.75, 3.05) is 5.88 Å². The summed E-state index contributed by atoms with van der Waals surface area (Å²) in [5.74, 6) is -0.104. The van der Waals surface area contributed by atoms with Crippen LogP contribution in [0.2, 0.25) is 0 Å².